The number of hydrogen-bond acceptors (Lipinski definition) is 4. The number of anilines is 1. The number of piperazine rings is 1. The minimum atomic E-state index is 0.760. The smallest absolute Gasteiger partial charge is 0.122 e. The minimum absolute atomic E-state index is 0.760. The molecule has 0 unspecified atom stereocenters. The monoisotopic (exact) mass is 261 g/mol. The average molecular weight is 261 g/mol. The molecule has 4 heteroatoms. The van der Waals surface area contributed by atoms with Crippen LogP contribution in [-0.4, -0.2) is 50.8 Å². The molecule has 1 aromatic rings. The van der Waals surface area contributed by atoms with E-state index in [0.29, 0.717) is 0 Å². The van der Waals surface area contributed by atoms with E-state index in [1.807, 2.05) is 0 Å². The van der Waals surface area contributed by atoms with Crippen molar-refractivity contribution in [3.05, 3.63) is 23.8 Å². The number of hydrogen-bond donors (Lipinski definition) is 1. The fraction of sp³-hybridized carbons (Fsp3) is 0.600. The van der Waals surface area contributed by atoms with Crippen LogP contribution in [0, 0.1) is 0 Å². The lowest BCUT2D eigenvalue weighted by Gasteiger charge is -2.36. The largest absolute Gasteiger partial charge is 0.493 e. The Kier molecular flexibility index (Phi) is 3.89. The Morgan fingerprint density at radius 2 is 2.00 bits per heavy atom. The Hall–Kier alpha value is -1.26. The first kappa shape index (κ1) is 12.8. The second-order valence-corrected chi connectivity index (χ2v) is 5.36. The van der Waals surface area contributed by atoms with Gasteiger partial charge in [0.2, 0.25) is 0 Å². The van der Waals surface area contributed by atoms with Crippen molar-refractivity contribution in [3.63, 3.8) is 0 Å². The summed E-state index contributed by atoms with van der Waals surface area (Å²) < 4.78 is 5.67. The van der Waals surface area contributed by atoms with E-state index >= 15 is 0 Å². The number of nitrogens with zero attached hydrogens (tertiary/aromatic N) is 2. The summed E-state index contributed by atoms with van der Waals surface area (Å²) in [6.07, 6.45) is 2.29. The maximum absolute atomic E-state index is 5.67. The van der Waals surface area contributed by atoms with Gasteiger partial charge in [-0.2, -0.15) is 0 Å². The van der Waals surface area contributed by atoms with Gasteiger partial charge in [-0.05, 0) is 36.6 Å². The summed E-state index contributed by atoms with van der Waals surface area (Å²) in [5, 5.41) is 0. The topological polar surface area (TPSA) is 41.7 Å². The fourth-order valence-corrected chi connectivity index (χ4v) is 2.96. The zero-order valence-electron chi connectivity index (χ0n) is 11.5. The molecule has 0 bridgehead atoms. The maximum Gasteiger partial charge on any atom is 0.122 e. The van der Waals surface area contributed by atoms with Gasteiger partial charge in [0, 0.05) is 45.0 Å². The van der Waals surface area contributed by atoms with E-state index in [2.05, 4.69) is 28.0 Å². The lowest BCUT2D eigenvalue weighted by atomic mass is 10.0. The first-order valence-corrected chi connectivity index (χ1v) is 7.30. The predicted octanol–water partition coefficient (Wildman–Crippen LogP) is 1.09. The Bertz CT molecular complexity index is 427. The van der Waals surface area contributed by atoms with Crippen LogP contribution in [0.15, 0.2) is 18.2 Å². The Morgan fingerprint density at radius 1 is 1.16 bits per heavy atom. The van der Waals surface area contributed by atoms with Gasteiger partial charge in [-0.15, -0.1) is 0 Å². The first-order valence-electron chi connectivity index (χ1n) is 7.30. The molecule has 2 aliphatic rings. The van der Waals surface area contributed by atoms with Crippen molar-refractivity contribution in [3.8, 4) is 5.75 Å². The van der Waals surface area contributed by atoms with Crippen LogP contribution < -0.4 is 15.4 Å². The third kappa shape index (κ3) is 2.85. The molecule has 0 aromatic heterocycles. The summed E-state index contributed by atoms with van der Waals surface area (Å²) in [5.41, 5.74) is 8.32. The lowest BCUT2D eigenvalue weighted by Crippen LogP contribution is -2.47. The van der Waals surface area contributed by atoms with Crippen LogP contribution in [-0.2, 0) is 6.42 Å². The average Bonchev–Trinajstić information content (AvgIpc) is 2.48. The lowest BCUT2D eigenvalue weighted by molar-refractivity contribution is 0.264. The Morgan fingerprint density at radius 3 is 2.79 bits per heavy atom. The summed E-state index contributed by atoms with van der Waals surface area (Å²) in [6.45, 7) is 7.07. The molecule has 0 atom stereocenters. The van der Waals surface area contributed by atoms with Gasteiger partial charge in [0.1, 0.15) is 5.75 Å². The van der Waals surface area contributed by atoms with E-state index in [-0.39, 0.29) is 0 Å². The van der Waals surface area contributed by atoms with Crippen LogP contribution in [0.3, 0.4) is 0 Å². The molecule has 1 aromatic carbocycles. The van der Waals surface area contributed by atoms with Crippen molar-refractivity contribution < 1.29 is 4.74 Å². The van der Waals surface area contributed by atoms with Crippen molar-refractivity contribution in [1.29, 1.82) is 0 Å². The van der Waals surface area contributed by atoms with Gasteiger partial charge < -0.3 is 15.4 Å². The van der Waals surface area contributed by atoms with Crippen molar-refractivity contribution in [2.45, 2.75) is 12.8 Å². The Labute approximate surface area is 115 Å². The van der Waals surface area contributed by atoms with Gasteiger partial charge >= 0.3 is 0 Å². The van der Waals surface area contributed by atoms with Gasteiger partial charge in [-0.3, -0.25) is 4.90 Å². The SMILES string of the molecule is NCCN1CCN(c2ccc3c(c2)CCCO3)CC1. The molecule has 2 N–H and O–H groups in total. The third-order valence-corrected chi connectivity index (χ3v) is 4.07. The molecule has 0 spiro atoms. The number of aryl methyl sites for hydroxylation is 1. The van der Waals surface area contributed by atoms with E-state index in [9.17, 15) is 0 Å². The number of ether oxygens (including phenoxy) is 1. The van der Waals surface area contributed by atoms with Gasteiger partial charge in [-0.25, -0.2) is 0 Å². The maximum atomic E-state index is 5.67. The number of fused-ring (bicyclic) bond motifs is 1. The van der Waals surface area contributed by atoms with Crippen LogP contribution in [0.1, 0.15) is 12.0 Å². The molecule has 0 aliphatic carbocycles. The molecule has 104 valence electrons. The molecule has 0 radical (unpaired) electrons. The molecule has 3 rings (SSSR count). The normalized spacial score (nSPS) is 19.9. The highest BCUT2D eigenvalue weighted by Crippen LogP contribution is 2.29. The molecule has 2 heterocycles. The molecule has 2 aliphatic heterocycles. The van der Waals surface area contributed by atoms with Crippen molar-refractivity contribution >= 4 is 5.69 Å². The van der Waals surface area contributed by atoms with Crippen molar-refractivity contribution in [2.75, 3.05) is 50.8 Å². The van der Waals surface area contributed by atoms with Crippen molar-refractivity contribution in [1.82, 2.24) is 4.90 Å². The second kappa shape index (κ2) is 5.80. The van der Waals surface area contributed by atoms with E-state index in [1.165, 1.54) is 11.3 Å². The summed E-state index contributed by atoms with van der Waals surface area (Å²) in [4.78, 5) is 4.92. The van der Waals surface area contributed by atoms with Gasteiger partial charge in [0.25, 0.3) is 0 Å². The van der Waals surface area contributed by atoms with Crippen LogP contribution in [0.5, 0.6) is 5.75 Å². The van der Waals surface area contributed by atoms with Gasteiger partial charge in [0.05, 0.1) is 6.61 Å². The van der Waals surface area contributed by atoms with Gasteiger partial charge in [-0.1, -0.05) is 0 Å². The van der Waals surface area contributed by atoms with Crippen LogP contribution >= 0.6 is 0 Å². The fourth-order valence-electron chi connectivity index (χ4n) is 2.96. The summed E-state index contributed by atoms with van der Waals surface area (Å²) in [5.74, 6) is 1.08. The van der Waals surface area contributed by atoms with E-state index in [4.69, 9.17) is 10.5 Å². The predicted molar refractivity (Wildman–Crippen MR) is 78.0 cm³/mol. The highest BCUT2D eigenvalue weighted by atomic mass is 16.5. The molecule has 0 amide bonds. The molecule has 1 saturated heterocycles. The zero-order chi connectivity index (χ0) is 13.1. The van der Waals surface area contributed by atoms with E-state index < -0.39 is 0 Å². The highest BCUT2D eigenvalue weighted by molar-refractivity contribution is 5.54. The quantitative estimate of drug-likeness (QED) is 0.884. The van der Waals surface area contributed by atoms with Crippen LogP contribution in [0.25, 0.3) is 0 Å². The molecule has 4 nitrogen and oxygen atoms in total. The third-order valence-electron chi connectivity index (χ3n) is 4.07. The van der Waals surface area contributed by atoms with Crippen molar-refractivity contribution in [2.24, 2.45) is 5.73 Å². The zero-order valence-corrected chi connectivity index (χ0v) is 11.5. The summed E-state index contributed by atoms with van der Waals surface area (Å²) in [7, 11) is 0. The highest BCUT2D eigenvalue weighted by Gasteiger charge is 2.18. The Balaban J connectivity index is 1.66. The summed E-state index contributed by atoms with van der Waals surface area (Å²) in [6, 6.07) is 6.64. The molecule has 1 fully saturated rings. The first-order chi connectivity index (χ1) is 9.36. The summed E-state index contributed by atoms with van der Waals surface area (Å²) >= 11 is 0. The van der Waals surface area contributed by atoms with Crippen LogP contribution in [0.2, 0.25) is 0 Å². The molecule has 19 heavy (non-hydrogen) atoms. The molecule has 0 saturated carbocycles. The number of benzene rings is 1. The van der Waals surface area contributed by atoms with Crippen LogP contribution in [0.4, 0.5) is 5.69 Å². The molecular formula is C15H23N3O. The molecular weight excluding hydrogens is 238 g/mol. The van der Waals surface area contributed by atoms with E-state index in [0.717, 1.165) is 64.5 Å². The van der Waals surface area contributed by atoms with E-state index in [1.54, 1.807) is 0 Å². The standard InChI is InChI=1S/C15H23N3O/c16-5-6-17-7-9-18(10-8-17)14-3-4-15-13(12-14)2-1-11-19-15/h3-4,12H,1-2,5-11,16H2. The van der Waals surface area contributed by atoms with Gasteiger partial charge in [0.15, 0.2) is 0 Å². The second-order valence-electron chi connectivity index (χ2n) is 5.36. The number of nitrogens with two attached hydrogens (primary N) is 1. The minimum Gasteiger partial charge on any atom is -0.493 e. The number of rotatable bonds is 3.